The zero-order chi connectivity index (χ0) is 11.5. The van der Waals surface area contributed by atoms with Gasteiger partial charge in [0.2, 0.25) is 0 Å². The molecule has 0 spiro atoms. The number of rotatable bonds is 4. The van der Waals surface area contributed by atoms with Gasteiger partial charge in [0.05, 0.1) is 11.1 Å². The van der Waals surface area contributed by atoms with Crippen LogP contribution in [-0.2, 0) is 12.8 Å². The zero-order valence-electron chi connectivity index (χ0n) is 9.79. The number of hydrogen-bond donors (Lipinski definition) is 1. The first-order valence-corrected chi connectivity index (χ1v) is 5.79. The Morgan fingerprint density at radius 2 is 2.00 bits per heavy atom. The van der Waals surface area contributed by atoms with E-state index in [0.29, 0.717) is 5.71 Å². The van der Waals surface area contributed by atoms with Crippen LogP contribution in [0.4, 0.5) is 5.69 Å². The normalized spacial score (nSPS) is 11.1. The van der Waals surface area contributed by atoms with E-state index in [4.69, 9.17) is 10.3 Å². The SMILES string of the molecule is CCCc1cc(N)c2c(CCC)noc2n1. The quantitative estimate of drug-likeness (QED) is 0.858. The summed E-state index contributed by atoms with van der Waals surface area (Å²) < 4.78 is 5.23. The number of fused-ring (bicyclic) bond motifs is 1. The number of nitrogens with zero attached hydrogens (tertiary/aromatic N) is 2. The second kappa shape index (κ2) is 4.51. The van der Waals surface area contributed by atoms with E-state index in [9.17, 15) is 0 Å². The number of anilines is 1. The van der Waals surface area contributed by atoms with E-state index in [2.05, 4.69) is 24.0 Å². The Hall–Kier alpha value is -1.58. The molecule has 0 aliphatic carbocycles. The maximum atomic E-state index is 6.02. The molecule has 0 aliphatic heterocycles. The van der Waals surface area contributed by atoms with Gasteiger partial charge in [-0.1, -0.05) is 31.8 Å². The number of nitrogens with two attached hydrogens (primary N) is 1. The summed E-state index contributed by atoms with van der Waals surface area (Å²) in [7, 11) is 0. The molecule has 2 N–H and O–H groups in total. The fourth-order valence-corrected chi connectivity index (χ4v) is 1.89. The lowest BCUT2D eigenvalue weighted by molar-refractivity contribution is 0.437. The molecule has 0 unspecified atom stereocenters. The minimum Gasteiger partial charge on any atom is -0.398 e. The molecular weight excluding hydrogens is 202 g/mol. The van der Waals surface area contributed by atoms with E-state index >= 15 is 0 Å². The molecule has 0 bridgehead atoms. The first kappa shape index (κ1) is 10.9. The van der Waals surface area contributed by atoms with Crippen molar-refractivity contribution >= 4 is 16.8 Å². The van der Waals surface area contributed by atoms with Crippen molar-refractivity contribution < 1.29 is 4.52 Å². The second-order valence-electron chi connectivity index (χ2n) is 4.01. The van der Waals surface area contributed by atoms with Gasteiger partial charge in [-0.2, -0.15) is 0 Å². The molecule has 0 saturated carbocycles. The summed E-state index contributed by atoms with van der Waals surface area (Å²) in [5.74, 6) is 0. The average Bonchev–Trinajstić information content (AvgIpc) is 2.63. The number of aryl methyl sites for hydroxylation is 2. The molecule has 0 fully saturated rings. The van der Waals surface area contributed by atoms with Crippen molar-refractivity contribution in [1.29, 1.82) is 0 Å². The Balaban J connectivity index is 2.50. The third-order valence-corrected chi connectivity index (χ3v) is 2.59. The molecule has 2 heterocycles. The third kappa shape index (κ3) is 1.87. The van der Waals surface area contributed by atoms with E-state index in [1.807, 2.05) is 6.07 Å². The standard InChI is InChI=1S/C12H17N3O/c1-3-5-8-7-9(13)11-10(6-4-2)15-16-12(11)14-8/h7H,3-6H2,1-2H3,(H2,13,14). The molecule has 2 rings (SSSR count). The molecule has 4 nitrogen and oxygen atoms in total. The highest BCUT2D eigenvalue weighted by Crippen LogP contribution is 2.25. The third-order valence-electron chi connectivity index (χ3n) is 2.59. The molecule has 0 amide bonds. The van der Waals surface area contributed by atoms with Gasteiger partial charge in [0.25, 0.3) is 5.71 Å². The average molecular weight is 219 g/mol. The summed E-state index contributed by atoms with van der Waals surface area (Å²) in [6.45, 7) is 4.22. The second-order valence-corrected chi connectivity index (χ2v) is 4.01. The predicted molar refractivity (Wildman–Crippen MR) is 64.2 cm³/mol. The van der Waals surface area contributed by atoms with Gasteiger partial charge in [-0.3, -0.25) is 0 Å². The Labute approximate surface area is 94.8 Å². The Bertz CT molecular complexity index is 490. The van der Waals surface area contributed by atoms with E-state index in [-0.39, 0.29) is 0 Å². The summed E-state index contributed by atoms with van der Waals surface area (Å²) in [4.78, 5) is 4.42. The Morgan fingerprint density at radius 1 is 1.25 bits per heavy atom. The van der Waals surface area contributed by atoms with Crippen LogP contribution in [-0.4, -0.2) is 10.1 Å². The summed E-state index contributed by atoms with van der Waals surface area (Å²) in [5.41, 5.74) is 9.23. The van der Waals surface area contributed by atoms with Gasteiger partial charge >= 0.3 is 0 Å². The van der Waals surface area contributed by atoms with Crippen LogP contribution in [0.1, 0.15) is 38.1 Å². The maximum Gasteiger partial charge on any atom is 0.260 e. The minimum absolute atomic E-state index is 0.576. The highest BCUT2D eigenvalue weighted by atomic mass is 16.5. The molecule has 4 heteroatoms. The van der Waals surface area contributed by atoms with E-state index in [0.717, 1.165) is 48.1 Å². The maximum absolute atomic E-state index is 6.02. The number of pyridine rings is 1. The van der Waals surface area contributed by atoms with E-state index in [1.54, 1.807) is 0 Å². The molecule has 0 aliphatic rings. The van der Waals surface area contributed by atoms with Gasteiger partial charge in [-0.05, 0) is 18.9 Å². The fourth-order valence-electron chi connectivity index (χ4n) is 1.89. The van der Waals surface area contributed by atoms with Gasteiger partial charge in [0, 0.05) is 11.4 Å². The van der Waals surface area contributed by atoms with Gasteiger partial charge < -0.3 is 10.3 Å². The van der Waals surface area contributed by atoms with Gasteiger partial charge in [0.15, 0.2) is 0 Å². The lowest BCUT2D eigenvalue weighted by Gasteiger charge is -2.01. The van der Waals surface area contributed by atoms with Crippen LogP contribution in [0.5, 0.6) is 0 Å². The molecular formula is C12H17N3O. The molecule has 0 saturated heterocycles. The smallest absolute Gasteiger partial charge is 0.260 e. The fraction of sp³-hybridized carbons (Fsp3) is 0.500. The van der Waals surface area contributed by atoms with Crippen LogP contribution in [0.25, 0.3) is 11.1 Å². The van der Waals surface area contributed by atoms with Crippen LogP contribution in [0, 0.1) is 0 Å². The van der Waals surface area contributed by atoms with Gasteiger partial charge in [0.1, 0.15) is 0 Å². The van der Waals surface area contributed by atoms with Crippen molar-refractivity contribution in [2.45, 2.75) is 39.5 Å². The Kier molecular flexibility index (Phi) is 3.08. The largest absolute Gasteiger partial charge is 0.398 e. The van der Waals surface area contributed by atoms with Crippen molar-refractivity contribution in [3.05, 3.63) is 17.5 Å². The highest BCUT2D eigenvalue weighted by molar-refractivity contribution is 5.89. The summed E-state index contributed by atoms with van der Waals surface area (Å²) in [5, 5.41) is 4.92. The molecule has 86 valence electrons. The van der Waals surface area contributed by atoms with Crippen LogP contribution in [0.2, 0.25) is 0 Å². The predicted octanol–water partition coefficient (Wildman–Crippen LogP) is 2.71. The van der Waals surface area contributed by atoms with Crippen molar-refractivity contribution in [2.24, 2.45) is 0 Å². The monoisotopic (exact) mass is 219 g/mol. The number of hydrogen-bond acceptors (Lipinski definition) is 4. The van der Waals surface area contributed by atoms with Crippen LogP contribution >= 0.6 is 0 Å². The number of aromatic nitrogens is 2. The van der Waals surface area contributed by atoms with Crippen molar-refractivity contribution in [1.82, 2.24) is 10.1 Å². The van der Waals surface area contributed by atoms with Crippen LogP contribution < -0.4 is 5.73 Å². The van der Waals surface area contributed by atoms with Crippen LogP contribution in [0.15, 0.2) is 10.6 Å². The minimum atomic E-state index is 0.576. The first-order valence-electron chi connectivity index (χ1n) is 5.79. The number of nitrogen functional groups attached to an aromatic ring is 1. The van der Waals surface area contributed by atoms with Crippen molar-refractivity contribution in [3.63, 3.8) is 0 Å². The molecule has 0 atom stereocenters. The zero-order valence-corrected chi connectivity index (χ0v) is 9.79. The summed E-state index contributed by atoms with van der Waals surface area (Å²) in [6.07, 6.45) is 3.88. The lowest BCUT2D eigenvalue weighted by Crippen LogP contribution is -1.95. The molecule has 2 aromatic heterocycles. The van der Waals surface area contributed by atoms with Gasteiger partial charge in [-0.15, -0.1) is 0 Å². The molecule has 0 radical (unpaired) electrons. The van der Waals surface area contributed by atoms with Crippen molar-refractivity contribution in [2.75, 3.05) is 5.73 Å². The van der Waals surface area contributed by atoms with E-state index in [1.165, 1.54) is 0 Å². The summed E-state index contributed by atoms with van der Waals surface area (Å²) in [6, 6.07) is 1.93. The first-order chi connectivity index (χ1) is 7.76. The van der Waals surface area contributed by atoms with Crippen LogP contribution in [0.3, 0.4) is 0 Å². The van der Waals surface area contributed by atoms with E-state index < -0.39 is 0 Å². The molecule has 16 heavy (non-hydrogen) atoms. The van der Waals surface area contributed by atoms with Gasteiger partial charge in [-0.25, -0.2) is 4.98 Å². The highest BCUT2D eigenvalue weighted by Gasteiger charge is 2.13. The topological polar surface area (TPSA) is 64.9 Å². The van der Waals surface area contributed by atoms with Crippen molar-refractivity contribution in [3.8, 4) is 0 Å². The summed E-state index contributed by atoms with van der Waals surface area (Å²) >= 11 is 0. The molecule has 0 aromatic carbocycles. The lowest BCUT2D eigenvalue weighted by atomic mass is 10.1. The molecule has 2 aromatic rings. The Morgan fingerprint density at radius 3 is 2.69 bits per heavy atom.